The number of hydrogen-bond donors (Lipinski definition) is 0. The first-order chi connectivity index (χ1) is 10.3. The van der Waals surface area contributed by atoms with E-state index in [1.165, 1.54) is 25.7 Å². The third kappa shape index (κ3) is 0.549. The third-order valence-corrected chi connectivity index (χ3v) is 9.81. The highest BCUT2D eigenvalue weighted by Gasteiger charge is 3.07. The van der Waals surface area contributed by atoms with Crippen LogP contribution in [0.25, 0.3) is 0 Å². The molecule has 3 heterocycles. The van der Waals surface area contributed by atoms with Gasteiger partial charge in [-0.05, 0) is 49.4 Å². The van der Waals surface area contributed by atoms with Crippen molar-refractivity contribution in [1.82, 2.24) is 0 Å². The fourth-order valence-electron chi connectivity index (χ4n) is 10.4. The van der Waals surface area contributed by atoms with Crippen LogP contribution in [-0.2, 0) is 9.47 Å². The summed E-state index contributed by atoms with van der Waals surface area (Å²) in [7, 11) is 0. The zero-order valence-electron chi connectivity index (χ0n) is 12.1. The predicted molar refractivity (Wildman–Crippen MR) is 75.1 cm³/mol. The van der Waals surface area contributed by atoms with Crippen molar-refractivity contribution in [3.8, 4) is 0 Å². The van der Waals surface area contributed by atoms with Crippen molar-refractivity contribution in [3.05, 3.63) is 24.3 Å². The molecule has 6 unspecified atom stereocenters. The quantitative estimate of drug-likeness (QED) is 0.635. The monoisotopic (exact) mass is 280 g/mol. The molecule has 7 fully saturated rings. The smallest absolute Gasteiger partial charge is 0.179 e. The van der Waals surface area contributed by atoms with Gasteiger partial charge in [-0.25, -0.2) is 0 Å². The molecule has 0 aromatic heterocycles. The van der Waals surface area contributed by atoms with E-state index in [0.29, 0.717) is 10.8 Å². The second-order valence-electron chi connectivity index (χ2n) is 9.13. The van der Waals surface area contributed by atoms with Crippen molar-refractivity contribution in [2.45, 2.75) is 37.1 Å². The van der Waals surface area contributed by atoms with E-state index >= 15 is 0 Å². The maximum atomic E-state index is 7.10. The van der Waals surface area contributed by atoms with E-state index in [4.69, 9.17) is 9.47 Å². The minimum Gasteiger partial charge on any atom is -0.345 e. The average Bonchev–Trinajstić information content (AvgIpc) is 3.11. The molecular weight excluding hydrogens is 260 g/mol. The molecule has 3 aliphatic heterocycles. The van der Waals surface area contributed by atoms with Gasteiger partial charge in [-0.2, -0.15) is 0 Å². The Balaban J connectivity index is 1.57. The normalized spacial score (nSPS) is 78.5. The molecule has 0 aromatic rings. The first-order valence-corrected chi connectivity index (χ1v) is 8.98. The molecular formula is C19H20O2. The summed E-state index contributed by atoms with van der Waals surface area (Å²) in [4.78, 5) is 0. The van der Waals surface area contributed by atoms with Gasteiger partial charge in [0.25, 0.3) is 0 Å². The van der Waals surface area contributed by atoms with Gasteiger partial charge in [-0.15, -0.1) is 0 Å². The van der Waals surface area contributed by atoms with Crippen molar-refractivity contribution < 1.29 is 9.47 Å². The second kappa shape index (κ2) is 2.39. The summed E-state index contributed by atoms with van der Waals surface area (Å²) in [6.45, 7) is 0.777. The minimum absolute atomic E-state index is 0.175. The summed E-state index contributed by atoms with van der Waals surface area (Å²) in [6.07, 6.45) is 14.8. The fourth-order valence-corrected chi connectivity index (χ4v) is 10.4. The van der Waals surface area contributed by atoms with E-state index in [1.807, 2.05) is 0 Å². The Morgan fingerprint density at radius 3 is 2.52 bits per heavy atom. The van der Waals surface area contributed by atoms with Gasteiger partial charge in [0.15, 0.2) is 5.79 Å². The Labute approximate surface area is 124 Å². The Morgan fingerprint density at radius 1 is 0.762 bits per heavy atom. The predicted octanol–water partition coefficient (Wildman–Crippen LogP) is 2.91. The second-order valence-corrected chi connectivity index (χ2v) is 9.13. The van der Waals surface area contributed by atoms with Crippen LogP contribution in [0.1, 0.15) is 25.7 Å². The molecule has 2 nitrogen and oxygen atoms in total. The van der Waals surface area contributed by atoms with Crippen molar-refractivity contribution in [2.24, 2.45) is 46.3 Å². The van der Waals surface area contributed by atoms with Crippen LogP contribution < -0.4 is 0 Å². The SMILES string of the molecule is C1=CC[C@@]23C4C5CC6C4[C@@]24CC=CC[C@@]42O[C@]3(OC1)C5C62. The molecule has 4 bridgehead atoms. The van der Waals surface area contributed by atoms with Gasteiger partial charge in [0, 0.05) is 22.7 Å². The first-order valence-electron chi connectivity index (χ1n) is 8.98. The summed E-state index contributed by atoms with van der Waals surface area (Å²) >= 11 is 0. The van der Waals surface area contributed by atoms with E-state index in [2.05, 4.69) is 24.3 Å². The molecule has 5 saturated carbocycles. The topological polar surface area (TPSA) is 18.5 Å². The molecule has 10 atom stereocenters. The van der Waals surface area contributed by atoms with Crippen LogP contribution in [0.2, 0.25) is 0 Å². The molecule has 21 heavy (non-hydrogen) atoms. The zero-order chi connectivity index (χ0) is 13.2. The van der Waals surface area contributed by atoms with Crippen molar-refractivity contribution >= 4 is 0 Å². The highest BCUT2D eigenvalue weighted by atomic mass is 16.7. The van der Waals surface area contributed by atoms with Crippen molar-refractivity contribution in [3.63, 3.8) is 0 Å². The lowest BCUT2D eigenvalue weighted by Gasteiger charge is -2.67. The first kappa shape index (κ1) is 10.2. The molecule has 2 saturated heterocycles. The number of ether oxygens (including phenoxy) is 2. The highest BCUT2D eigenvalue weighted by molar-refractivity contribution is 5.53. The maximum absolute atomic E-state index is 7.10. The van der Waals surface area contributed by atoms with Crippen LogP contribution in [0, 0.1) is 46.3 Å². The van der Waals surface area contributed by atoms with Crippen LogP contribution in [-0.4, -0.2) is 18.0 Å². The minimum atomic E-state index is -0.190. The summed E-state index contributed by atoms with van der Waals surface area (Å²) in [5.74, 6) is 5.22. The van der Waals surface area contributed by atoms with Gasteiger partial charge in [-0.1, -0.05) is 24.3 Å². The number of hydrogen-bond acceptors (Lipinski definition) is 2. The van der Waals surface area contributed by atoms with E-state index in [0.717, 1.165) is 42.1 Å². The van der Waals surface area contributed by atoms with Crippen molar-refractivity contribution in [1.29, 1.82) is 0 Å². The Hall–Kier alpha value is -0.600. The van der Waals surface area contributed by atoms with Crippen LogP contribution in [0.15, 0.2) is 24.3 Å². The molecule has 9 rings (SSSR count). The molecule has 4 spiro atoms. The molecule has 2 heteroatoms. The van der Waals surface area contributed by atoms with E-state index in [-0.39, 0.29) is 11.4 Å². The van der Waals surface area contributed by atoms with Crippen molar-refractivity contribution in [2.75, 3.05) is 6.61 Å². The van der Waals surface area contributed by atoms with Crippen LogP contribution >= 0.6 is 0 Å². The summed E-state index contributed by atoms with van der Waals surface area (Å²) in [6, 6.07) is 0. The van der Waals surface area contributed by atoms with Gasteiger partial charge in [-0.3, -0.25) is 0 Å². The maximum Gasteiger partial charge on any atom is 0.179 e. The molecule has 108 valence electrons. The lowest BCUT2D eigenvalue weighted by Crippen LogP contribution is -2.70. The molecule has 0 N–H and O–H groups in total. The third-order valence-electron chi connectivity index (χ3n) is 9.81. The van der Waals surface area contributed by atoms with E-state index in [1.54, 1.807) is 0 Å². The lowest BCUT2D eigenvalue weighted by molar-refractivity contribution is -0.282. The van der Waals surface area contributed by atoms with E-state index in [9.17, 15) is 0 Å². The lowest BCUT2D eigenvalue weighted by atomic mass is 9.34. The van der Waals surface area contributed by atoms with Gasteiger partial charge in [0.05, 0.1) is 12.2 Å². The van der Waals surface area contributed by atoms with E-state index < -0.39 is 0 Å². The Bertz CT molecular complexity index is 696. The Morgan fingerprint density at radius 2 is 1.52 bits per heavy atom. The molecule has 9 aliphatic rings. The van der Waals surface area contributed by atoms with Crippen LogP contribution in [0.3, 0.4) is 0 Å². The largest absolute Gasteiger partial charge is 0.345 e. The summed E-state index contributed by atoms with van der Waals surface area (Å²) in [5.41, 5.74) is 0.972. The van der Waals surface area contributed by atoms with Crippen LogP contribution in [0.5, 0.6) is 0 Å². The summed E-state index contributed by atoms with van der Waals surface area (Å²) < 4.78 is 13.7. The van der Waals surface area contributed by atoms with Gasteiger partial charge in [0.1, 0.15) is 0 Å². The molecule has 0 amide bonds. The zero-order valence-corrected chi connectivity index (χ0v) is 12.1. The molecule has 0 radical (unpaired) electrons. The fraction of sp³-hybridized carbons (Fsp3) is 0.789. The highest BCUT2D eigenvalue weighted by Crippen LogP contribution is 3.03. The number of allylic oxidation sites excluding steroid dienone is 2. The van der Waals surface area contributed by atoms with Gasteiger partial charge in [0.2, 0.25) is 0 Å². The standard InChI is InChI=1S/C19H20O2/c1-2-7-18-14-10-9-11-13-12(10)16(18,5-1)17(13)6-3-4-8-20-19(17,21-18)15(11)14/h1-4,10-15H,5-9H2/t10?,11?,12?,13?,14?,15?,16-,17+,18-,19+/m0/s1. The number of rotatable bonds is 0. The summed E-state index contributed by atoms with van der Waals surface area (Å²) in [5, 5.41) is 0. The molecule has 6 aliphatic carbocycles. The van der Waals surface area contributed by atoms with Gasteiger partial charge >= 0.3 is 0 Å². The van der Waals surface area contributed by atoms with Crippen LogP contribution in [0.4, 0.5) is 0 Å². The average molecular weight is 280 g/mol. The van der Waals surface area contributed by atoms with Gasteiger partial charge < -0.3 is 9.47 Å². The molecule has 0 aromatic carbocycles. The Kier molecular flexibility index (Phi) is 1.16.